The van der Waals surface area contributed by atoms with E-state index < -0.39 is 5.60 Å². The Morgan fingerprint density at radius 2 is 2.05 bits per heavy atom. The van der Waals surface area contributed by atoms with E-state index in [9.17, 15) is 4.79 Å². The Hall–Kier alpha value is -2.27. The van der Waals surface area contributed by atoms with Crippen molar-refractivity contribution in [3.8, 4) is 0 Å². The fourth-order valence-corrected chi connectivity index (χ4v) is 1.87. The predicted molar refractivity (Wildman–Crippen MR) is 81.5 cm³/mol. The number of benzene rings is 1. The van der Waals surface area contributed by atoms with Crippen molar-refractivity contribution in [2.75, 3.05) is 7.11 Å². The number of aryl methyl sites for hydroxylation is 1. The molecule has 1 aromatic carbocycles. The molecule has 21 heavy (non-hydrogen) atoms. The zero-order valence-electron chi connectivity index (χ0n) is 12.7. The molecule has 0 N–H and O–H groups in total. The number of ether oxygens (including phenoxy) is 1. The fraction of sp³-hybridized carbons (Fsp3) is 0.312. The van der Waals surface area contributed by atoms with Crippen LogP contribution < -0.4 is 0 Å². The molecule has 0 unspecified atom stereocenters. The topological polar surface area (TPSA) is 57.0 Å². The van der Waals surface area contributed by atoms with Crippen LogP contribution in [0.5, 0.6) is 0 Å². The third-order valence-corrected chi connectivity index (χ3v) is 3.44. The number of Topliss-reactive ketones (excluding diaryl/α,β-unsaturated/α-hetero) is 1. The third kappa shape index (κ3) is 3.25. The summed E-state index contributed by atoms with van der Waals surface area (Å²) < 4.78 is 6.76. The van der Waals surface area contributed by atoms with Gasteiger partial charge in [0.2, 0.25) is 5.78 Å². The molecular formula is C16H19N3O2. The SMILES string of the molecule is COC(C)(C)C(=O)C(=Cc1ccccc1C)n1cncn1. The molecule has 0 bridgehead atoms. The molecule has 0 radical (unpaired) electrons. The van der Waals surface area contributed by atoms with Gasteiger partial charge in [0, 0.05) is 7.11 Å². The second-order valence-electron chi connectivity index (χ2n) is 5.27. The van der Waals surface area contributed by atoms with Gasteiger partial charge in [-0.15, -0.1) is 0 Å². The van der Waals surface area contributed by atoms with Crippen LogP contribution in [0.15, 0.2) is 36.9 Å². The predicted octanol–water partition coefficient (Wildman–Crippen LogP) is 2.58. The van der Waals surface area contributed by atoms with E-state index in [1.165, 1.54) is 24.4 Å². The molecule has 0 aliphatic carbocycles. The molecule has 5 nitrogen and oxygen atoms in total. The summed E-state index contributed by atoms with van der Waals surface area (Å²) in [4.78, 5) is 16.6. The van der Waals surface area contributed by atoms with E-state index in [0.29, 0.717) is 5.70 Å². The lowest BCUT2D eigenvalue weighted by molar-refractivity contribution is -0.131. The lowest BCUT2D eigenvalue weighted by Crippen LogP contribution is -2.35. The zero-order valence-corrected chi connectivity index (χ0v) is 12.7. The van der Waals surface area contributed by atoms with Gasteiger partial charge >= 0.3 is 0 Å². The number of ketones is 1. The Morgan fingerprint density at radius 3 is 2.62 bits per heavy atom. The van der Waals surface area contributed by atoms with Crippen LogP contribution in [0.2, 0.25) is 0 Å². The Balaban J connectivity index is 2.53. The van der Waals surface area contributed by atoms with Crippen molar-refractivity contribution in [2.24, 2.45) is 0 Å². The maximum atomic E-state index is 12.7. The molecule has 110 valence electrons. The van der Waals surface area contributed by atoms with E-state index in [-0.39, 0.29) is 5.78 Å². The van der Waals surface area contributed by atoms with Gasteiger partial charge in [-0.05, 0) is 38.0 Å². The lowest BCUT2D eigenvalue weighted by atomic mass is 9.98. The van der Waals surface area contributed by atoms with Crippen LogP contribution in [-0.4, -0.2) is 33.3 Å². The van der Waals surface area contributed by atoms with Gasteiger partial charge in [0.05, 0.1) is 0 Å². The number of rotatable bonds is 5. The standard InChI is InChI=1S/C16H19N3O2/c1-12-7-5-6-8-13(12)9-14(19-11-17-10-18-19)15(20)16(2,3)21-4/h5-11H,1-4H3. The summed E-state index contributed by atoms with van der Waals surface area (Å²) in [6, 6.07) is 7.85. The molecule has 2 rings (SSSR count). The summed E-state index contributed by atoms with van der Waals surface area (Å²) in [5, 5.41) is 4.07. The van der Waals surface area contributed by atoms with E-state index >= 15 is 0 Å². The molecule has 2 aromatic rings. The van der Waals surface area contributed by atoms with Gasteiger partial charge in [-0.3, -0.25) is 4.79 Å². The van der Waals surface area contributed by atoms with E-state index in [1.807, 2.05) is 37.3 Å². The van der Waals surface area contributed by atoms with Crippen LogP contribution in [0.3, 0.4) is 0 Å². The molecule has 1 aromatic heterocycles. The highest BCUT2D eigenvalue weighted by Crippen LogP contribution is 2.21. The summed E-state index contributed by atoms with van der Waals surface area (Å²) >= 11 is 0. The second kappa shape index (κ2) is 6.01. The maximum Gasteiger partial charge on any atom is 0.212 e. The smallest absolute Gasteiger partial charge is 0.212 e. The Bertz CT molecular complexity index is 658. The molecule has 5 heteroatoms. The van der Waals surface area contributed by atoms with E-state index in [4.69, 9.17) is 4.74 Å². The van der Waals surface area contributed by atoms with Crippen molar-refractivity contribution in [3.05, 3.63) is 48.0 Å². The first-order valence-electron chi connectivity index (χ1n) is 6.68. The molecule has 0 saturated carbocycles. The van der Waals surface area contributed by atoms with Gasteiger partial charge < -0.3 is 4.74 Å². The molecule has 0 saturated heterocycles. The molecule has 0 amide bonds. The lowest BCUT2D eigenvalue weighted by Gasteiger charge is -2.22. The van der Waals surface area contributed by atoms with Crippen LogP contribution in [0, 0.1) is 6.92 Å². The molecule has 0 aliphatic rings. The Labute approximate surface area is 124 Å². The summed E-state index contributed by atoms with van der Waals surface area (Å²) in [6.07, 6.45) is 4.72. The largest absolute Gasteiger partial charge is 0.371 e. The molecule has 0 atom stereocenters. The average molecular weight is 285 g/mol. The number of methoxy groups -OCH3 is 1. The van der Waals surface area contributed by atoms with Crippen molar-refractivity contribution in [3.63, 3.8) is 0 Å². The van der Waals surface area contributed by atoms with E-state index in [0.717, 1.165) is 11.1 Å². The summed E-state index contributed by atoms with van der Waals surface area (Å²) in [5.41, 5.74) is 1.54. The first-order valence-corrected chi connectivity index (χ1v) is 6.68. The number of hydrogen-bond donors (Lipinski definition) is 0. The number of aromatic nitrogens is 3. The molecule has 0 spiro atoms. The van der Waals surface area contributed by atoms with Crippen LogP contribution >= 0.6 is 0 Å². The highest BCUT2D eigenvalue weighted by atomic mass is 16.5. The summed E-state index contributed by atoms with van der Waals surface area (Å²) in [7, 11) is 1.52. The Kier molecular flexibility index (Phi) is 4.33. The molecular weight excluding hydrogens is 266 g/mol. The highest BCUT2D eigenvalue weighted by Gasteiger charge is 2.31. The monoisotopic (exact) mass is 285 g/mol. The first-order chi connectivity index (χ1) is 9.95. The highest BCUT2D eigenvalue weighted by molar-refractivity contribution is 6.23. The fourth-order valence-electron chi connectivity index (χ4n) is 1.87. The van der Waals surface area contributed by atoms with Crippen molar-refractivity contribution in [1.82, 2.24) is 14.8 Å². The normalized spacial score (nSPS) is 12.5. The van der Waals surface area contributed by atoms with E-state index in [1.54, 1.807) is 13.8 Å². The third-order valence-electron chi connectivity index (χ3n) is 3.44. The van der Waals surface area contributed by atoms with Gasteiger partial charge in [0.25, 0.3) is 0 Å². The number of nitrogens with zero attached hydrogens (tertiary/aromatic N) is 3. The molecule has 1 heterocycles. The van der Waals surface area contributed by atoms with Gasteiger partial charge in [-0.1, -0.05) is 24.3 Å². The van der Waals surface area contributed by atoms with Crippen LogP contribution in [0.25, 0.3) is 11.8 Å². The minimum atomic E-state index is -0.930. The van der Waals surface area contributed by atoms with Crippen molar-refractivity contribution >= 4 is 17.6 Å². The first kappa shape index (κ1) is 15.1. The number of carbonyl (C=O) groups is 1. The minimum absolute atomic E-state index is 0.154. The molecule has 0 aliphatic heterocycles. The maximum absolute atomic E-state index is 12.7. The Morgan fingerprint density at radius 1 is 1.33 bits per heavy atom. The van der Waals surface area contributed by atoms with E-state index in [2.05, 4.69) is 10.1 Å². The number of carbonyl (C=O) groups excluding carboxylic acids is 1. The zero-order chi connectivity index (χ0) is 15.5. The quantitative estimate of drug-likeness (QED) is 0.792. The van der Waals surface area contributed by atoms with Gasteiger partial charge in [-0.25, -0.2) is 9.67 Å². The molecule has 0 fully saturated rings. The van der Waals surface area contributed by atoms with Crippen LogP contribution in [-0.2, 0) is 9.53 Å². The van der Waals surface area contributed by atoms with Gasteiger partial charge in [0.1, 0.15) is 24.0 Å². The second-order valence-corrected chi connectivity index (χ2v) is 5.27. The van der Waals surface area contributed by atoms with Crippen molar-refractivity contribution < 1.29 is 9.53 Å². The van der Waals surface area contributed by atoms with Crippen LogP contribution in [0.1, 0.15) is 25.0 Å². The summed E-state index contributed by atoms with van der Waals surface area (Å²) in [5.74, 6) is -0.154. The number of hydrogen-bond acceptors (Lipinski definition) is 4. The van der Waals surface area contributed by atoms with Crippen LogP contribution in [0.4, 0.5) is 0 Å². The summed E-state index contributed by atoms with van der Waals surface area (Å²) in [6.45, 7) is 5.46. The van der Waals surface area contributed by atoms with Gasteiger partial charge in [0.15, 0.2) is 0 Å². The van der Waals surface area contributed by atoms with Crippen molar-refractivity contribution in [2.45, 2.75) is 26.4 Å². The minimum Gasteiger partial charge on any atom is -0.371 e. The average Bonchev–Trinajstić information content (AvgIpc) is 2.99. The van der Waals surface area contributed by atoms with Crippen molar-refractivity contribution in [1.29, 1.82) is 0 Å². The van der Waals surface area contributed by atoms with Gasteiger partial charge in [-0.2, -0.15) is 5.10 Å².